The van der Waals surface area contributed by atoms with E-state index < -0.39 is 0 Å². The predicted molar refractivity (Wildman–Crippen MR) is 129 cm³/mol. The average Bonchev–Trinajstić information content (AvgIpc) is 3.33. The Hall–Kier alpha value is -2.10. The molecule has 2 aliphatic carbocycles. The van der Waals surface area contributed by atoms with Gasteiger partial charge in [-0.15, -0.1) is 0 Å². The van der Waals surface area contributed by atoms with Crippen molar-refractivity contribution in [3.63, 3.8) is 0 Å². The zero-order valence-corrected chi connectivity index (χ0v) is 19.9. The number of rotatable bonds is 0. The fraction of sp³-hybridized carbons (Fsp3) is 0.655. The molecule has 4 unspecified atom stereocenters. The third-order valence-corrected chi connectivity index (χ3v) is 9.20. The molecule has 0 aromatic carbocycles. The third-order valence-electron chi connectivity index (χ3n) is 9.20. The summed E-state index contributed by atoms with van der Waals surface area (Å²) in [5.74, 6) is 1.65. The van der Waals surface area contributed by atoms with E-state index in [-0.39, 0.29) is 11.8 Å². The zero-order chi connectivity index (χ0) is 22.4. The van der Waals surface area contributed by atoms with Crippen LogP contribution in [0.4, 0.5) is 0 Å². The van der Waals surface area contributed by atoms with E-state index in [0.29, 0.717) is 23.7 Å². The molecule has 0 aromatic heterocycles. The molecule has 6 rings (SSSR count). The topological polar surface area (TPSA) is 40.6 Å². The molecule has 2 amide bonds. The fourth-order valence-electron chi connectivity index (χ4n) is 7.50. The number of allylic oxidation sites excluding steroid dienone is 4. The van der Waals surface area contributed by atoms with Crippen LogP contribution < -0.4 is 0 Å². The van der Waals surface area contributed by atoms with Gasteiger partial charge in [-0.2, -0.15) is 0 Å². The predicted octanol–water partition coefficient (Wildman–Crippen LogP) is 6.58. The Labute approximate surface area is 198 Å². The number of fused-ring (bicyclic) bond motifs is 7. The second-order valence-corrected chi connectivity index (χ2v) is 11.1. The lowest BCUT2D eigenvalue weighted by atomic mass is 9.78. The standard InChI is InChI=1S/C29H38N2O2/c32-28-24-25(27-23-15-11-7-3-5-9-13-21(23)17-19-31(27)28)29(33)30-18-16-20-12-8-4-1-2-6-10-14-22(20)26(24)30/h16-23H,1-15H2. The first-order valence-corrected chi connectivity index (χ1v) is 13.8. The lowest BCUT2D eigenvalue weighted by molar-refractivity contribution is -0.123. The first kappa shape index (κ1) is 21.4. The van der Waals surface area contributed by atoms with Crippen molar-refractivity contribution in [2.75, 3.05) is 0 Å². The molecule has 4 heteroatoms. The van der Waals surface area contributed by atoms with Crippen molar-refractivity contribution in [1.29, 1.82) is 0 Å². The first-order valence-electron chi connectivity index (χ1n) is 13.8. The highest BCUT2D eigenvalue weighted by atomic mass is 16.2. The first-order chi connectivity index (χ1) is 16.3. The molecule has 2 saturated carbocycles. The Morgan fingerprint density at radius 3 is 1.30 bits per heavy atom. The molecule has 0 spiro atoms. The molecule has 0 bridgehead atoms. The van der Waals surface area contributed by atoms with Gasteiger partial charge in [-0.3, -0.25) is 19.4 Å². The maximum atomic E-state index is 13.8. The number of hydrogen-bond donors (Lipinski definition) is 0. The minimum absolute atomic E-state index is 0.0616. The Morgan fingerprint density at radius 1 is 0.515 bits per heavy atom. The van der Waals surface area contributed by atoms with Crippen molar-refractivity contribution < 1.29 is 9.59 Å². The van der Waals surface area contributed by atoms with E-state index in [1.165, 1.54) is 83.5 Å². The van der Waals surface area contributed by atoms with E-state index >= 15 is 0 Å². The van der Waals surface area contributed by atoms with E-state index in [0.717, 1.165) is 35.4 Å². The molecule has 0 aromatic rings. The van der Waals surface area contributed by atoms with Crippen LogP contribution in [0.5, 0.6) is 0 Å². The summed E-state index contributed by atoms with van der Waals surface area (Å²) in [5.41, 5.74) is 3.61. The summed E-state index contributed by atoms with van der Waals surface area (Å²) < 4.78 is 0. The molecule has 4 heterocycles. The monoisotopic (exact) mass is 446 g/mol. The van der Waals surface area contributed by atoms with Crippen LogP contribution >= 0.6 is 0 Å². The summed E-state index contributed by atoms with van der Waals surface area (Å²) in [5, 5.41) is 0. The second-order valence-electron chi connectivity index (χ2n) is 11.1. The van der Waals surface area contributed by atoms with Gasteiger partial charge in [-0.25, -0.2) is 0 Å². The van der Waals surface area contributed by atoms with Crippen LogP contribution in [0.1, 0.15) is 96.3 Å². The van der Waals surface area contributed by atoms with Crippen LogP contribution in [0, 0.1) is 23.7 Å². The molecule has 2 fully saturated rings. The van der Waals surface area contributed by atoms with Gasteiger partial charge in [0.2, 0.25) is 0 Å². The molecular weight excluding hydrogens is 408 g/mol. The number of carbonyl (C=O) groups excluding carboxylic acids is 2. The highest BCUT2D eigenvalue weighted by molar-refractivity contribution is 6.20. The summed E-state index contributed by atoms with van der Waals surface area (Å²) in [6.45, 7) is 0. The van der Waals surface area contributed by atoms with Gasteiger partial charge in [0.05, 0.1) is 11.1 Å². The van der Waals surface area contributed by atoms with Gasteiger partial charge in [-0.05, 0) is 37.5 Å². The molecule has 0 saturated heterocycles. The molecule has 0 N–H and O–H groups in total. The maximum absolute atomic E-state index is 13.8. The number of nitrogens with zero attached hydrogens (tertiary/aromatic N) is 2. The average molecular weight is 447 g/mol. The molecule has 4 nitrogen and oxygen atoms in total. The van der Waals surface area contributed by atoms with Crippen molar-refractivity contribution in [2.45, 2.75) is 96.3 Å². The quantitative estimate of drug-likeness (QED) is 0.422. The Kier molecular flexibility index (Phi) is 5.80. The van der Waals surface area contributed by atoms with Crippen molar-refractivity contribution in [3.8, 4) is 0 Å². The van der Waals surface area contributed by atoms with Crippen LogP contribution in [-0.2, 0) is 9.59 Å². The molecule has 4 aliphatic heterocycles. The normalized spacial score (nSPS) is 34.8. The van der Waals surface area contributed by atoms with Crippen molar-refractivity contribution in [2.24, 2.45) is 23.7 Å². The SMILES string of the molecule is O=C1C2=C3C4CCCCCCCC4C=CN3C(=O)C2=C2C3CCCCCCCCC3C=CN12. The molecule has 0 radical (unpaired) electrons. The molecular formula is C29H38N2O2. The largest absolute Gasteiger partial charge is 0.287 e. The number of carbonyl (C=O) groups is 2. The third kappa shape index (κ3) is 3.56. The highest BCUT2D eigenvalue weighted by Gasteiger charge is 2.53. The molecule has 33 heavy (non-hydrogen) atoms. The van der Waals surface area contributed by atoms with Crippen LogP contribution in [-0.4, -0.2) is 21.6 Å². The highest BCUT2D eigenvalue weighted by Crippen LogP contribution is 2.52. The molecule has 176 valence electrons. The van der Waals surface area contributed by atoms with Crippen LogP contribution in [0.15, 0.2) is 47.1 Å². The summed E-state index contributed by atoms with van der Waals surface area (Å²) in [6, 6.07) is 0. The minimum atomic E-state index is 0.0616. The van der Waals surface area contributed by atoms with Gasteiger partial charge in [0.1, 0.15) is 0 Å². The van der Waals surface area contributed by atoms with E-state index in [1.807, 2.05) is 22.2 Å². The smallest absolute Gasteiger partial charge is 0.264 e. The summed E-state index contributed by atoms with van der Waals surface area (Å²) in [4.78, 5) is 31.4. The van der Waals surface area contributed by atoms with Crippen LogP contribution in [0.25, 0.3) is 0 Å². The van der Waals surface area contributed by atoms with Crippen LogP contribution in [0.3, 0.4) is 0 Å². The van der Waals surface area contributed by atoms with Crippen molar-refractivity contribution in [1.82, 2.24) is 9.80 Å². The maximum Gasteiger partial charge on any atom is 0.264 e. The summed E-state index contributed by atoms with van der Waals surface area (Å²) in [6.07, 6.45) is 27.1. The van der Waals surface area contributed by atoms with Gasteiger partial charge in [0.25, 0.3) is 11.8 Å². The Morgan fingerprint density at radius 2 is 0.879 bits per heavy atom. The van der Waals surface area contributed by atoms with Crippen LogP contribution in [0.2, 0.25) is 0 Å². The minimum Gasteiger partial charge on any atom is -0.287 e. The van der Waals surface area contributed by atoms with E-state index in [2.05, 4.69) is 12.2 Å². The summed E-state index contributed by atoms with van der Waals surface area (Å²) in [7, 11) is 0. The van der Waals surface area contributed by atoms with Crippen molar-refractivity contribution in [3.05, 3.63) is 47.1 Å². The fourth-order valence-corrected chi connectivity index (χ4v) is 7.50. The second kappa shape index (κ2) is 8.92. The van der Waals surface area contributed by atoms with Gasteiger partial charge in [0, 0.05) is 35.6 Å². The van der Waals surface area contributed by atoms with E-state index in [9.17, 15) is 9.59 Å². The molecule has 6 aliphatic rings. The zero-order valence-electron chi connectivity index (χ0n) is 19.9. The molecule has 4 atom stereocenters. The van der Waals surface area contributed by atoms with Gasteiger partial charge >= 0.3 is 0 Å². The number of hydrogen-bond acceptors (Lipinski definition) is 2. The van der Waals surface area contributed by atoms with Gasteiger partial charge in [0.15, 0.2) is 0 Å². The van der Waals surface area contributed by atoms with Crippen molar-refractivity contribution >= 4 is 11.8 Å². The summed E-state index contributed by atoms with van der Waals surface area (Å²) >= 11 is 0. The van der Waals surface area contributed by atoms with Gasteiger partial charge in [-0.1, -0.05) is 82.8 Å². The van der Waals surface area contributed by atoms with E-state index in [4.69, 9.17) is 0 Å². The lowest BCUT2D eigenvalue weighted by Crippen LogP contribution is -2.36. The number of amides is 2. The lowest BCUT2D eigenvalue weighted by Gasteiger charge is -2.37. The van der Waals surface area contributed by atoms with E-state index in [1.54, 1.807) is 0 Å². The Balaban J connectivity index is 1.44. The van der Waals surface area contributed by atoms with Gasteiger partial charge < -0.3 is 0 Å². The Bertz CT molecular complexity index is 953.